The Labute approximate surface area is 94.1 Å². The number of benzene rings is 1. The first kappa shape index (κ1) is 10.4. The fourth-order valence-corrected chi connectivity index (χ4v) is 1.46. The monoisotopic (exact) mass is 212 g/mol. The quantitative estimate of drug-likeness (QED) is 0.795. The predicted molar refractivity (Wildman–Crippen MR) is 64.1 cm³/mol. The molecule has 1 aromatic heterocycles. The van der Waals surface area contributed by atoms with E-state index >= 15 is 0 Å². The number of hydrogen-bond acceptors (Lipinski definition) is 3. The first-order valence-electron chi connectivity index (χ1n) is 5.03. The average molecular weight is 212 g/mol. The SMILES string of the molecule is Cc1cccc(Nc2cc(C=O)ccn2)c1. The lowest BCUT2D eigenvalue weighted by Crippen LogP contribution is -1.94. The highest BCUT2D eigenvalue weighted by Gasteiger charge is 1.97. The Kier molecular flexibility index (Phi) is 2.96. The zero-order valence-electron chi connectivity index (χ0n) is 8.97. The largest absolute Gasteiger partial charge is 0.340 e. The fourth-order valence-electron chi connectivity index (χ4n) is 1.46. The number of anilines is 2. The Morgan fingerprint density at radius 3 is 2.88 bits per heavy atom. The van der Waals surface area contributed by atoms with Gasteiger partial charge in [0.25, 0.3) is 0 Å². The molecule has 0 saturated heterocycles. The molecule has 3 heteroatoms. The molecule has 0 unspecified atom stereocenters. The summed E-state index contributed by atoms with van der Waals surface area (Å²) in [7, 11) is 0. The molecule has 0 aliphatic carbocycles. The zero-order chi connectivity index (χ0) is 11.4. The van der Waals surface area contributed by atoms with Gasteiger partial charge in [-0.2, -0.15) is 0 Å². The van der Waals surface area contributed by atoms with Crippen molar-refractivity contribution in [3.63, 3.8) is 0 Å². The number of nitrogens with zero attached hydrogens (tertiary/aromatic N) is 1. The van der Waals surface area contributed by atoms with Gasteiger partial charge in [0, 0.05) is 17.4 Å². The minimum absolute atomic E-state index is 0.616. The first-order chi connectivity index (χ1) is 7.78. The molecule has 2 aromatic rings. The van der Waals surface area contributed by atoms with Gasteiger partial charge in [-0.05, 0) is 36.8 Å². The van der Waals surface area contributed by atoms with Gasteiger partial charge in [-0.25, -0.2) is 4.98 Å². The Morgan fingerprint density at radius 1 is 1.25 bits per heavy atom. The van der Waals surface area contributed by atoms with Crippen LogP contribution in [0.4, 0.5) is 11.5 Å². The van der Waals surface area contributed by atoms with Gasteiger partial charge in [-0.15, -0.1) is 0 Å². The topological polar surface area (TPSA) is 42.0 Å². The number of hydrogen-bond donors (Lipinski definition) is 1. The summed E-state index contributed by atoms with van der Waals surface area (Å²) >= 11 is 0. The third-order valence-electron chi connectivity index (χ3n) is 2.21. The number of rotatable bonds is 3. The number of aldehydes is 1. The van der Waals surface area contributed by atoms with Gasteiger partial charge in [0.2, 0.25) is 0 Å². The number of carbonyl (C=O) groups is 1. The lowest BCUT2D eigenvalue weighted by Gasteiger charge is -2.06. The van der Waals surface area contributed by atoms with Crippen LogP contribution in [0.3, 0.4) is 0 Å². The van der Waals surface area contributed by atoms with Gasteiger partial charge in [0.1, 0.15) is 12.1 Å². The predicted octanol–water partition coefficient (Wildman–Crippen LogP) is 2.95. The maximum absolute atomic E-state index is 10.6. The van der Waals surface area contributed by atoms with E-state index in [4.69, 9.17) is 0 Å². The number of pyridine rings is 1. The van der Waals surface area contributed by atoms with Crippen molar-refractivity contribution in [1.82, 2.24) is 4.98 Å². The molecule has 0 aliphatic heterocycles. The van der Waals surface area contributed by atoms with Crippen molar-refractivity contribution in [2.75, 3.05) is 5.32 Å². The van der Waals surface area contributed by atoms with E-state index in [1.54, 1.807) is 18.3 Å². The van der Waals surface area contributed by atoms with Crippen molar-refractivity contribution in [2.24, 2.45) is 0 Å². The van der Waals surface area contributed by atoms with Crippen molar-refractivity contribution >= 4 is 17.8 Å². The van der Waals surface area contributed by atoms with Crippen molar-refractivity contribution in [3.8, 4) is 0 Å². The van der Waals surface area contributed by atoms with Gasteiger partial charge in [0.05, 0.1) is 0 Å². The van der Waals surface area contributed by atoms with Crippen LogP contribution in [0.15, 0.2) is 42.6 Å². The highest BCUT2D eigenvalue weighted by Crippen LogP contribution is 2.15. The van der Waals surface area contributed by atoms with Gasteiger partial charge in [-0.1, -0.05) is 12.1 Å². The van der Waals surface area contributed by atoms with Gasteiger partial charge in [-0.3, -0.25) is 4.79 Å². The molecule has 0 atom stereocenters. The van der Waals surface area contributed by atoms with Crippen molar-refractivity contribution < 1.29 is 4.79 Å². The second-order valence-electron chi connectivity index (χ2n) is 3.59. The standard InChI is InChI=1S/C13H12N2O/c1-10-3-2-4-12(7-10)15-13-8-11(9-16)5-6-14-13/h2-9H,1H3,(H,14,15). The Morgan fingerprint density at radius 2 is 2.12 bits per heavy atom. The lowest BCUT2D eigenvalue weighted by molar-refractivity contribution is 0.112. The van der Waals surface area contributed by atoms with Crippen molar-refractivity contribution in [1.29, 1.82) is 0 Å². The Bertz CT molecular complexity index is 509. The summed E-state index contributed by atoms with van der Waals surface area (Å²) in [5.41, 5.74) is 2.76. The van der Waals surface area contributed by atoms with Crippen LogP contribution < -0.4 is 5.32 Å². The van der Waals surface area contributed by atoms with Crippen LogP contribution in [0.1, 0.15) is 15.9 Å². The van der Waals surface area contributed by atoms with E-state index < -0.39 is 0 Å². The molecule has 0 radical (unpaired) electrons. The summed E-state index contributed by atoms with van der Waals surface area (Å²) in [5, 5.41) is 3.15. The Balaban J connectivity index is 2.23. The summed E-state index contributed by atoms with van der Waals surface area (Å²) < 4.78 is 0. The molecule has 0 spiro atoms. The summed E-state index contributed by atoms with van der Waals surface area (Å²) in [6.07, 6.45) is 2.42. The molecule has 0 bridgehead atoms. The van der Waals surface area contributed by atoms with Gasteiger partial charge < -0.3 is 5.32 Å². The van der Waals surface area contributed by atoms with Crippen molar-refractivity contribution in [3.05, 3.63) is 53.7 Å². The van der Waals surface area contributed by atoms with E-state index in [9.17, 15) is 4.79 Å². The molecule has 1 aromatic carbocycles. The second kappa shape index (κ2) is 4.57. The molecule has 2 rings (SSSR count). The van der Waals surface area contributed by atoms with Gasteiger partial charge in [0.15, 0.2) is 0 Å². The average Bonchev–Trinajstić information content (AvgIpc) is 2.29. The summed E-state index contributed by atoms with van der Waals surface area (Å²) in [6, 6.07) is 11.4. The molecule has 1 heterocycles. The van der Waals surface area contributed by atoms with Crippen LogP contribution in [-0.2, 0) is 0 Å². The molecule has 0 fully saturated rings. The summed E-state index contributed by atoms with van der Waals surface area (Å²) in [6.45, 7) is 2.03. The second-order valence-corrected chi connectivity index (χ2v) is 3.59. The number of aryl methyl sites for hydroxylation is 1. The lowest BCUT2D eigenvalue weighted by atomic mass is 10.2. The van der Waals surface area contributed by atoms with E-state index in [-0.39, 0.29) is 0 Å². The van der Waals surface area contributed by atoms with Crippen molar-refractivity contribution in [2.45, 2.75) is 6.92 Å². The molecule has 0 saturated carbocycles. The number of aromatic nitrogens is 1. The van der Waals surface area contributed by atoms with Crippen LogP contribution in [0, 0.1) is 6.92 Å². The van der Waals surface area contributed by atoms with E-state index in [1.165, 1.54) is 5.56 Å². The number of carbonyl (C=O) groups excluding carboxylic acids is 1. The molecule has 0 amide bonds. The maximum Gasteiger partial charge on any atom is 0.150 e. The van der Waals surface area contributed by atoms with E-state index in [0.29, 0.717) is 11.4 Å². The molecule has 80 valence electrons. The minimum atomic E-state index is 0.616. The third-order valence-corrected chi connectivity index (χ3v) is 2.21. The van der Waals surface area contributed by atoms with E-state index in [0.717, 1.165) is 12.0 Å². The van der Waals surface area contributed by atoms with E-state index in [1.807, 2.05) is 31.2 Å². The molecular formula is C13H12N2O. The van der Waals surface area contributed by atoms with Crippen LogP contribution in [0.5, 0.6) is 0 Å². The molecule has 3 nitrogen and oxygen atoms in total. The smallest absolute Gasteiger partial charge is 0.150 e. The molecule has 0 aliphatic rings. The normalized spacial score (nSPS) is 9.81. The minimum Gasteiger partial charge on any atom is -0.340 e. The molecule has 1 N–H and O–H groups in total. The van der Waals surface area contributed by atoms with Crippen LogP contribution in [0.2, 0.25) is 0 Å². The summed E-state index contributed by atoms with van der Waals surface area (Å²) in [4.78, 5) is 14.8. The number of nitrogens with one attached hydrogen (secondary N) is 1. The fraction of sp³-hybridized carbons (Fsp3) is 0.0769. The molecule has 16 heavy (non-hydrogen) atoms. The maximum atomic E-state index is 10.6. The Hall–Kier alpha value is -2.16. The highest BCUT2D eigenvalue weighted by atomic mass is 16.1. The first-order valence-corrected chi connectivity index (χ1v) is 5.03. The van der Waals surface area contributed by atoms with Crippen LogP contribution in [0.25, 0.3) is 0 Å². The van der Waals surface area contributed by atoms with Crippen LogP contribution in [-0.4, -0.2) is 11.3 Å². The highest BCUT2D eigenvalue weighted by molar-refractivity contribution is 5.76. The molecular weight excluding hydrogens is 200 g/mol. The van der Waals surface area contributed by atoms with Crippen LogP contribution >= 0.6 is 0 Å². The van der Waals surface area contributed by atoms with Gasteiger partial charge >= 0.3 is 0 Å². The van der Waals surface area contributed by atoms with E-state index in [2.05, 4.69) is 10.3 Å². The third kappa shape index (κ3) is 2.45. The summed E-state index contributed by atoms with van der Waals surface area (Å²) in [5.74, 6) is 0.676. The zero-order valence-corrected chi connectivity index (χ0v) is 8.97.